The molecule has 1 saturated heterocycles. The third-order valence-corrected chi connectivity index (χ3v) is 7.97. The van der Waals surface area contributed by atoms with Crippen molar-refractivity contribution in [2.45, 2.75) is 56.2 Å². The molecule has 1 unspecified atom stereocenters. The van der Waals surface area contributed by atoms with E-state index in [0.29, 0.717) is 6.42 Å². The first-order valence-electron chi connectivity index (χ1n) is 9.03. The van der Waals surface area contributed by atoms with Crippen molar-refractivity contribution in [3.63, 3.8) is 0 Å². The van der Waals surface area contributed by atoms with Gasteiger partial charge in [-0.15, -0.1) is 0 Å². The van der Waals surface area contributed by atoms with Crippen molar-refractivity contribution in [2.75, 3.05) is 20.0 Å². The number of carbonyl (C=O) groups excluding carboxylic acids is 1. The smallest absolute Gasteiger partial charge is 0.220 e. The van der Waals surface area contributed by atoms with E-state index in [0.717, 1.165) is 42.4 Å². The van der Waals surface area contributed by atoms with Crippen molar-refractivity contribution in [3.8, 4) is 11.5 Å². The fourth-order valence-electron chi connectivity index (χ4n) is 3.57. The van der Waals surface area contributed by atoms with Crippen molar-refractivity contribution in [2.24, 2.45) is 0 Å². The Bertz CT molecular complexity index is 603. The minimum Gasteiger partial charge on any atom is -0.493 e. The number of ether oxygens (including phenoxy) is 2. The summed E-state index contributed by atoms with van der Waals surface area (Å²) in [6.45, 7) is 0. The van der Waals surface area contributed by atoms with Gasteiger partial charge in [-0.05, 0) is 55.4 Å². The van der Waals surface area contributed by atoms with E-state index >= 15 is 0 Å². The van der Waals surface area contributed by atoms with Gasteiger partial charge in [0.1, 0.15) is 0 Å². The summed E-state index contributed by atoms with van der Waals surface area (Å²) in [5.74, 6) is 2.94. The molecule has 6 heteroatoms. The van der Waals surface area contributed by atoms with Crippen LogP contribution in [0.2, 0.25) is 0 Å². The molecule has 1 fully saturated rings. The number of methoxy groups -OCH3 is 2. The summed E-state index contributed by atoms with van der Waals surface area (Å²) < 4.78 is 10.8. The monoisotopic (exact) mass is 381 g/mol. The molecule has 1 heterocycles. The van der Waals surface area contributed by atoms with Crippen molar-refractivity contribution in [1.29, 1.82) is 0 Å². The lowest BCUT2D eigenvalue weighted by molar-refractivity contribution is -0.121. The van der Waals surface area contributed by atoms with Crippen LogP contribution < -0.4 is 14.8 Å². The minimum atomic E-state index is 0.101. The van der Waals surface area contributed by atoms with Crippen molar-refractivity contribution in [3.05, 3.63) is 23.3 Å². The molecule has 25 heavy (non-hydrogen) atoms. The van der Waals surface area contributed by atoms with Crippen LogP contribution in [0.15, 0.2) is 12.1 Å². The zero-order valence-electron chi connectivity index (χ0n) is 15.0. The van der Waals surface area contributed by atoms with Crippen LogP contribution >= 0.6 is 21.6 Å². The van der Waals surface area contributed by atoms with Crippen LogP contribution in [0.1, 0.15) is 55.7 Å². The van der Waals surface area contributed by atoms with Gasteiger partial charge in [0, 0.05) is 17.4 Å². The number of amides is 1. The Morgan fingerprint density at radius 2 is 2.00 bits per heavy atom. The molecule has 1 aromatic carbocycles. The van der Waals surface area contributed by atoms with Gasteiger partial charge in [-0.2, -0.15) is 0 Å². The number of fused-ring (bicyclic) bond motifs is 1. The van der Waals surface area contributed by atoms with Crippen LogP contribution in [0.5, 0.6) is 11.5 Å². The SMILES string of the molecule is COc1cc2c(cc1OC)C(NC(=O)CCCC[C@@H]1CCSS1)CC2. The lowest BCUT2D eigenvalue weighted by Gasteiger charge is -2.16. The number of aryl methyl sites for hydroxylation is 1. The van der Waals surface area contributed by atoms with Crippen molar-refractivity contribution in [1.82, 2.24) is 5.32 Å². The van der Waals surface area contributed by atoms with Crippen LogP contribution in [0.3, 0.4) is 0 Å². The Kier molecular flexibility index (Phi) is 6.82. The Morgan fingerprint density at radius 3 is 2.72 bits per heavy atom. The maximum Gasteiger partial charge on any atom is 0.220 e. The predicted octanol–water partition coefficient (Wildman–Crippen LogP) is 4.52. The molecule has 138 valence electrons. The van der Waals surface area contributed by atoms with Gasteiger partial charge >= 0.3 is 0 Å². The number of benzene rings is 1. The molecule has 1 aromatic rings. The summed E-state index contributed by atoms with van der Waals surface area (Å²) in [4.78, 5) is 12.3. The summed E-state index contributed by atoms with van der Waals surface area (Å²) in [5, 5.41) is 4.01. The molecule has 2 atom stereocenters. The number of unbranched alkanes of at least 4 members (excludes halogenated alkanes) is 1. The van der Waals surface area contributed by atoms with E-state index < -0.39 is 0 Å². The van der Waals surface area contributed by atoms with E-state index in [-0.39, 0.29) is 11.9 Å². The molecule has 2 aliphatic rings. The molecular formula is C19H27NO3S2. The maximum atomic E-state index is 12.3. The molecule has 1 aliphatic carbocycles. The lowest BCUT2D eigenvalue weighted by Crippen LogP contribution is -2.26. The highest BCUT2D eigenvalue weighted by Crippen LogP contribution is 2.40. The van der Waals surface area contributed by atoms with E-state index in [2.05, 4.69) is 5.32 Å². The third-order valence-electron chi connectivity index (χ3n) is 4.97. The molecule has 0 radical (unpaired) electrons. The van der Waals surface area contributed by atoms with Gasteiger partial charge in [-0.3, -0.25) is 4.79 Å². The van der Waals surface area contributed by atoms with Crippen LogP contribution in [0, 0.1) is 0 Å². The molecule has 1 aliphatic heterocycles. The van der Waals surface area contributed by atoms with Gasteiger partial charge in [0.2, 0.25) is 5.91 Å². The van der Waals surface area contributed by atoms with Crippen LogP contribution in [-0.4, -0.2) is 31.1 Å². The Balaban J connectivity index is 1.48. The Hall–Kier alpha value is -1.01. The van der Waals surface area contributed by atoms with Crippen LogP contribution in [0.25, 0.3) is 0 Å². The van der Waals surface area contributed by atoms with Gasteiger partial charge in [-0.25, -0.2) is 0 Å². The van der Waals surface area contributed by atoms with Crippen molar-refractivity contribution >= 4 is 27.5 Å². The fourth-order valence-corrected chi connectivity index (χ4v) is 6.60. The number of rotatable bonds is 8. The molecule has 1 amide bonds. The highest BCUT2D eigenvalue weighted by atomic mass is 33.1. The summed E-state index contributed by atoms with van der Waals surface area (Å²) in [6, 6.07) is 4.16. The molecule has 3 rings (SSSR count). The molecule has 0 spiro atoms. The van der Waals surface area contributed by atoms with E-state index in [4.69, 9.17) is 9.47 Å². The number of hydrogen-bond acceptors (Lipinski definition) is 5. The quantitative estimate of drug-likeness (QED) is 0.530. The Labute approximate surface area is 158 Å². The zero-order valence-corrected chi connectivity index (χ0v) is 16.6. The second kappa shape index (κ2) is 9.08. The van der Waals surface area contributed by atoms with Gasteiger partial charge in [0.15, 0.2) is 11.5 Å². The maximum absolute atomic E-state index is 12.3. The van der Waals surface area contributed by atoms with Gasteiger partial charge in [0.25, 0.3) is 0 Å². The lowest BCUT2D eigenvalue weighted by atomic mass is 10.1. The topological polar surface area (TPSA) is 47.6 Å². The third kappa shape index (κ3) is 4.79. The molecule has 0 aromatic heterocycles. The van der Waals surface area contributed by atoms with E-state index in [1.165, 1.54) is 29.7 Å². The largest absolute Gasteiger partial charge is 0.493 e. The highest BCUT2D eigenvalue weighted by molar-refractivity contribution is 8.77. The molecule has 0 saturated carbocycles. The second-order valence-corrected chi connectivity index (χ2v) is 9.43. The molecule has 4 nitrogen and oxygen atoms in total. The van der Waals surface area contributed by atoms with E-state index in [1.807, 2.05) is 33.7 Å². The van der Waals surface area contributed by atoms with Crippen LogP contribution in [-0.2, 0) is 11.2 Å². The summed E-state index contributed by atoms with van der Waals surface area (Å²) in [7, 11) is 7.31. The second-order valence-electron chi connectivity index (χ2n) is 6.64. The van der Waals surface area contributed by atoms with E-state index in [1.54, 1.807) is 14.2 Å². The van der Waals surface area contributed by atoms with Gasteiger partial charge in [0.05, 0.1) is 20.3 Å². The Morgan fingerprint density at radius 1 is 1.20 bits per heavy atom. The number of carbonyl (C=O) groups is 1. The first-order chi connectivity index (χ1) is 12.2. The normalized spacial score (nSPS) is 21.8. The average molecular weight is 382 g/mol. The number of nitrogens with one attached hydrogen (secondary N) is 1. The summed E-state index contributed by atoms with van der Waals surface area (Å²) >= 11 is 0. The highest BCUT2D eigenvalue weighted by Gasteiger charge is 2.26. The number of hydrogen-bond donors (Lipinski definition) is 1. The standard InChI is InChI=1S/C19H27NO3S2/c1-22-17-11-13-7-8-16(15(13)12-18(17)23-2)20-19(21)6-4-3-5-14-9-10-24-25-14/h11-12,14,16H,3-10H2,1-2H3,(H,20,21)/t14-,16?/m1/s1. The van der Waals surface area contributed by atoms with Crippen LogP contribution in [0.4, 0.5) is 0 Å². The minimum absolute atomic E-state index is 0.101. The molecular weight excluding hydrogens is 354 g/mol. The first-order valence-corrected chi connectivity index (χ1v) is 11.4. The predicted molar refractivity (Wildman–Crippen MR) is 106 cm³/mol. The molecule has 1 N–H and O–H groups in total. The molecule has 0 bridgehead atoms. The van der Waals surface area contributed by atoms with E-state index in [9.17, 15) is 4.79 Å². The first kappa shape index (κ1) is 18.8. The summed E-state index contributed by atoms with van der Waals surface area (Å²) in [5.41, 5.74) is 2.42. The summed E-state index contributed by atoms with van der Waals surface area (Å²) in [6.07, 6.45) is 7.26. The fraction of sp³-hybridized carbons (Fsp3) is 0.632. The van der Waals surface area contributed by atoms with Gasteiger partial charge < -0.3 is 14.8 Å². The van der Waals surface area contributed by atoms with Crippen molar-refractivity contribution < 1.29 is 14.3 Å². The average Bonchev–Trinajstić information content (AvgIpc) is 3.27. The zero-order chi connectivity index (χ0) is 17.6. The van der Waals surface area contributed by atoms with Gasteiger partial charge in [-0.1, -0.05) is 28.0 Å².